The fraction of sp³-hybridized carbons (Fsp3) is 0.350. The van der Waals surface area contributed by atoms with E-state index in [0.717, 1.165) is 25.2 Å². The van der Waals surface area contributed by atoms with E-state index >= 15 is 0 Å². The molecule has 0 unspecified atom stereocenters. The number of benzene rings is 2. The van der Waals surface area contributed by atoms with Gasteiger partial charge in [0.05, 0.1) is 13.7 Å². The number of anilines is 2. The molecule has 2 aromatic rings. The second-order valence-corrected chi connectivity index (χ2v) is 5.93. The van der Waals surface area contributed by atoms with Crippen molar-refractivity contribution in [1.82, 2.24) is 0 Å². The summed E-state index contributed by atoms with van der Waals surface area (Å²) in [5.74, 6) is 1.03. The summed E-state index contributed by atoms with van der Waals surface area (Å²) in [4.78, 5) is 14.9. The highest BCUT2D eigenvalue weighted by Gasteiger charge is 2.18. The van der Waals surface area contributed by atoms with Gasteiger partial charge in [0, 0.05) is 30.0 Å². The molecule has 0 radical (unpaired) electrons. The van der Waals surface area contributed by atoms with Crippen LogP contribution in [-0.2, 0) is 6.42 Å². The van der Waals surface area contributed by atoms with Crippen molar-refractivity contribution in [3.63, 3.8) is 0 Å². The zero-order valence-electron chi connectivity index (χ0n) is 15.0. The lowest BCUT2D eigenvalue weighted by molar-refractivity contribution is 0.102. The van der Waals surface area contributed by atoms with Crippen molar-refractivity contribution in [2.24, 2.45) is 0 Å². The van der Waals surface area contributed by atoms with E-state index in [-0.39, 0.29) is 5.91 Å². The standard InChI is InChI=1S/C20H24N2O3/c1-4-22-11-10-14-6-8-16(13-17(14)22)21-20(23)15-7-9-18(24-3)19(12-15)25-5-2/h6-9,12-13H,4-5,10-11H2,1-3H3,(H,21,23). The first-order chi connectivity index (χ1) is 12.2. The van der Waals surface area contributed by atoms with Gasteiger partial charge in [-0.2, -0.15) is 0 Å². The fourth-order valence-corrected chi connectivity index (χ4v) is 3.14. The van der Waals surface area contributed by atoms with Crippen LogP contribution in [0.4, 0.5) is 11.4 Å². The van der Waals surface area contributed by atoms with Crippen LogP contribution in [-0.4, -0.2) is 32.7 Å². The van der Waals surface area contributed by atoms with E-state index in [1.165, 1.54) is 11.3 Å². The molecule has 1 aliphatic rings. The molecule has 0 saturated heterocycles. The zero-order valence-corrected chi connectivity index (χ0v) is 15.0. The van der Waals surface area contributed by atoms with Crippen molar-refractivity contribution in [2.45, 2.75) is 20.3 Å². The molecule has 0 aliphatic carbocycles. The molecule has 25 heavy (non-hydrogen) atoms. The highest BCUT2D eigenvalue weighted by molar-refractivity contribution is 6.05. The first kappa shape index (κ1) is 17.1. The maximum Gasteiger partial charge on any atom is 0.255 e. The molecule has 1 amide bonds. The molecule has 1 N–H and O–H groups in total. The summed E-state index contributed by atoms with van der Waals surface area (Å²) in [7, 11) is 1.58. The van der Waals surface area contributed by atoms with Gasteiger partial charge < -0.3 is 19.7 Å². The van der Waals surface area contributed by atoms with E-state index in [4.69, 9.17) is 9.47 Å². The minimum atomic E-state index is -0.162. The first-order valence-electron chi connectivity index (χ1n) is 8.66. The number of carbonyl (C=O) groups excluding carboxylic acids is 1. The van der Waals surface area contributed by atoms with Crippen molar-refractivity contribution in [3.8, 4) is 11.5 Å². The van der Waals surface area contributed by atoms with Crippen molar-refractivity contribution in [3.05, 3.63) is 47.5 Å². The third-order valence-corrected chi connectivity index (χ3v) is 4.44. The Morgan fingerprint density at radius 1 is 1.16 bits per heavy atom. The minimum Gasteiger partial charge on any atom is -0.493 e. The molecular weight excluding hydrogens is 316 g/mol. The summed E-state index contributed by atoms with van der Waals surface area (Å²) in [5.41, 5.74) is 3.89. The summed E-state index contributed by atoms with van der Waals surface area (Å²) in [6, 6.07) is 11.3. The Morgan fingerprint density at radius 3 is 2.72 bits per heavy atom. The second-order valence-electron chi connectivity index (χ2n) is 5.93. The van der Waals surface area contributed by atoms with Gasteiger partial charge in [-0.3, -0.25) is 4.79 Å². The van der Waals surface area contributed by atoms with Gasteiger partial charge in [-0.15, -0.1) is 0 Å². The monoisotopic (exact) mass is 340 g/mol. The molecule has 0 aromatic heterocycles. The number of likely N-dealkylation sites (N-methyl/N-ethyl adjacent to an activating group) is 1. The Morgan fingerprint density at radius 2 is 2.00 bits per heavy atom. The minimum absolute atomic E-state index is 0.162. The topological polar surface area (TPSA) is 50.8 Å². The average Bonchev–Trinajstić information content (AvgIpc) is 3.04. The molecule has 1 aliphatic heterocycles. The molecular formula is C20H24N2O3. The third-order valence-electron chi connectivity index (χ3n) is 4.44. The van der Waals surface area contributed by atoms with Crippen molar-refractivity contribution < 1.29 is 14.3 Å². The number of carbonyl (C=O) groups is 1. The SMILES string of the molecule is CCOc1cc(C(=O)Nc2ccc3c(c2)N(CC)CC3)ccc1OC. The Bertz CT molecular complexity index is 774. The van der Waals surface area contributed by atoms with Crippen LogP contribution in [0, 0.1) is 0 Å². The highest BCUT2D eigenvalue weighted by atomic mass is 16.5. The molecule has 0 fully saturated rings. The van der Waals surface area contributed by atoms with Gasteiger partial charge in [-0.25, -0.2) is 0 Å². The number of amides is 1. The normalized spacial score (nSPS) is 12.7. The van der Waals surface area contributed by atoms with Crippen LogP contribution in [0.3, 0.4) is 0 Å². The van der Waals surface area contributed by atoms with Gasteiger partial charge in [0.1, 0.15) is 0 Å². The summed E-state index contributed by atoms with van der Waals surface area (Å²) < 4.78 is 10.8. The van der Waals surface area contributed by atoms with Crippen LogP contribution in [0.1, 0.15) is 29.8 Å². The summed E-state index contributed by atoms with van der Waals surface area (Å²) in [6.45, 7) is 6.57. The predicted molar refractivity (Wildman–Crippen MR) is 100 cm³/mol. The largest absolute Gasteiger partial charge is 0.493 e. The van der Waals surface area contributed by atoms with Gasteiger partial charge in [-0.1, -0.05) is 6.07 Å². The van der Waals surface area contributed by atoms with E-state index in [1.807, 2.05) is 13.0 Å². The second kappa shape index (κ2) is 7.47. The fourth-order valence-electron chi connectivity index (χ4n) is 3.14. The molecule has 0 bridgehead atoms. The van der Waals surface area contributed by atoms with Crippen LogP contribution in [0.2, 0.25) is 0 Å². The van der Waals surface area contributed by atoms with E-state index in [9.17, 15) is 4.79 Å². The van der Waals surface area contributed by atoms with Crippen molar-refractivity contribution >= 4 is 17.3 Å². The van der Waals surface area contributed by atoms with Gasteiger partial charge in [0.25, 0.3) is 5.91 Å². The smallest absolute Gasteiger partial charge is 0.255 e. The number of rotatable bonds is 6. The Labute approximate surface area is 148 Å². The number of nitrogens with zero attached hydrogens (tertiary/aromatic N) is 1. The van der Waals surface area contributed by atoms with Crippen LogP contribution in [0.15, 0.2) is 36.4 Å². The molecule has 0 spiro atoms. The quantitative estimate of drug-likeness (QED) is 0.870. The average molecular weight is 340 g/mol. The zero-order chi connectivity index (χ0) is 17.8. The highest BCUT2D eigenvalue weighted by Crippen LogP contribution is 2.31. The molecule has 0 saturated carbocycles. The van der Waals surface area contributed by atoms with Crippen LogP contribution < -0.4 is 19.7 Å². The number of ether oxygens (including phenoxy) is 2. The lowest BCUT2D eigenvalue weighted by Gasteiger charge is -2.17. The van der Waals surface area contributed by atoms with E-state index < -0.39 is 0 Å². The summed E-state index contributed by atoms with van der Waals surface area (Å²) in [6.07, 6.45) is 1.06. The summed E-state index contributed by atoms with van der Waals surface area (Å²) >= 11 is 0. The van der Waals surface area contributed by atoms with Crippen LogP contribution in [0.5, 0.6) is 11.5 Å². The molecule has 1 heterocycles. The van der Waals surface area contributed by atoms with Crippen LogP contribution >= 0.6 is 0 Å². The number of fused-ring (bicyclic) bond motifs is 1. The Hall–Kier alpha value is -2.69. The first-order valence-corrected chi connectivity index (χ1v) is 8.66. The van der Waals surface area contributed by atoms with E-state index in [2.05, 4.69) is 29.3 Å². The Balaban J connectivity index is 1.80. The molecule has 5 nitrogen and oxygen atoms in total. The lowest BCUT2D eigenvalue weighted by atomic mass is 10.1. The molecule has 5 heteroatoms. The maximum absolute atomic E-state index is 12.6. The molecule has 0 atom stereocenters. The number of hydrogen-bond donors (Lipinski definition) is 1. The Kier molecular flexibility index (Phi) is 5.12. The lowest BCUT2D eigenvalue weighted by Crippen LogP contribution is -2.19. The molecule has 2 aromatic carbocycles. The maximum atomic E-state index is 12.6. The van der Waals surface area contributed by atoms with E-state index in [0.29, 0.717) is 23.7 Å². The van der Waals surface area contributed by atoms with Gasteiger partial charge >= 0.3 is 0 Å². The number of methoxy groups -OCH3 is 1. The molecule has 132 valence electrons. The number of nitrogens with one attached hydrogen (secondary N) is 1. The van der Waals surface area contributed by atoms with Crippen molar-refractivity contribution in [1.29, 1.82) is 0 Å². The predicted octanol–water partition coefficient (Wildman–Crippen LogP) is 3.73. The van der Waals surface area contributed by atoms with E-state index in [1.54, 1.807) is 25.3 Å². The van der Waals surface area contributed by atoms with Crippen molar-refractivity contribution in [2.75, 3.05) is 37.0 Å². The third kappa shape index (κ3) is 3.55. The molecule has 3 rings (SSSR count). The van der Waals surface area contributed by atoms with Gasteiger partial charge in [0.2, 0.25) is 0 Å². The summed E-state index contributed by atoms with van der Waals surface area (Å²) in [5, 5.41) is 2.98. The number of hydrogen-bond acceptors (Lipinski definition) is 4. The van der Waals surface area contributed by atoms with Gasteiger partial charge in [-0.05, 0) is 56.2 Å². The van der Waals surface area contributed by atoms with Crippen LogP contribution in [0.25, 0.3) is 0 Å². The van der Waals surface area contributed by atoms with Gasteiger partial charge in [0.15, 0.2) is 11.5 Å².